The van der Waals surface area contributed by atoms with Gasteiger partial charge < -0.3 is 14.2 Å². The molecule has 76 heavy (non-hydrogen) atoms. The zero-order valence-electron chi connectivity index (χ0n) is 51.0. The number of rotatable bonds is 62. The minimum Gasteiger partial charge on any atom is -0.462 e. The van der Waals surface area contributed by atoms with E-state index >= 15 is 0 Å². The molecule has 0 spiro atoms. The fraction of sp³-hybridized carbons (Fsp3) is 0.843. The van der Waals surface area contributed by atoms with Crippen molar-refractivity contribution >= 4 is 17.9 Å². The molecule has 0 aliphatic heterocycles. The van der Waals surface area contributed by atoms with Crippen LogP contribution in [0.25, 0.3) is 0 Å². The van der Waals surface area contributed by atoms with Crippen LogP contribution < -0.4 is 0 Å². The standard InChI is InChI=1S/C70H128O6/c1-4-7-10-13-16-19-22-25-26-27-28-29-30-31-32-33-34-35-36-37-38-39-40-41-42-43-44-46-48-51-54-57-60-63-69(72)75-66-67(65-74-68(71)62-59-56-53-50-47-24-21-18-15-12-9-6-3)76-70(73)64-61-58-55-52-49-45-23-20-17-14-11-8-5-2/h18,20-23,25,27-28,67H,4-17,19,24,26,29-66H2,1-3H3/b21-18-,23-20-,25-22-,28-27-. The number of carbonyl (C=O) groups is 3. The normalized spacial score (nSPS) is 12.3. The van der Waals surface area contributed by atoms with Gasteiger partial charge in [-0.05, 0) is 103 Å². The topological polar surface area (TPSA) is 78.9 Å². The summed E-state index contributed by atoms with van der Waals surface area (Å²) >= 11 is 0. The van der Waals surface area contributed by atoms with Crippen LogP contribution in [0.2, 0.25) is 0 Å². The third kappa shape index (κ3) is 62.2. The second-order valence-corrected chi connectivity index (χ2v) is 22.7. The molecule has 0 aliphatic rings. The lowest BCUT2D eigenvalue weighted by Gasteiger charge is -2.18. The zero-order valence-corrected chi connectivity index (χ0v) is 51.0. The van der Waals surface area contributed by atoms with Crippen LogP contribution in [-0.2, 0) is 28.6 Å². The van der Waals surface area contributed by atoms with E-state index in [2.05, 4.69) is 69.4 Å². The molecule has 0 radical (unpaired) electrons. The summed E-state index contributed by atoms with van der Waals surface area (Å²) in [5.74, 6) is -0.875. The largest absolute Gasteiger partial charge is 0.462 e. The third-order valence-corrected chi connectivity index (χ3v) is 15.0. The predicted octanol–water partition coefficient (Wildman–Crippen LogP) is 22.9. The molecule has 0 rings (SSSR count). The van der Waals surface area contributed by atoms with Crippen molar-refractivity contribution in [2.45, 2.75) is 367 Å². The molecule has 0 N–H and O–H groups in total. The average molecular weight is 1070 g/mol. The van der Waals surface area contributed by atoms with Gasteiger partial charge in [-0.1, -0.05) is 288 Å². The van der Waals surface area contributed by atoms with Gasteiger partial charge in [-0.3, -0.25) is 14.4 Å². The summed E-state index contributed by atoms with van der Waals surface area (Å²) in [6.07, 6.45) is 81.5. The molecule has 1 unspecified atom stereocenters. The summed E-state index contributed by atoms with van der Waals surface area (Å²) in [5.41, 5.74) is 0. The number of unbranched alkanes of at least 4 members (excludes halogenated alkanes) is 43. The van der Waals surface area contributed by atoms with E-state index in [9.17, 15) is 14.4 Å². The van der Waals surface area contributed by atoms with Gasteiger partial charge in [-0.25, -0.2) is 0 Å². The number of ether oxygens (including phenoxy) is 3. The Bertz CT molecular complexity index is 1310. The van der Waals surface area contributed by atoms with Crippen LogP contribution in [0.1, 0.15) is 361 Å². The highest BCUT2D eigenvalue weighted by atomic mass is 16.6. The highest BCUT2D eigenvalue weighted by Crippen LogP contribution is 2.18. The van der Waals surface area contributed by atoms with Gasteiger partial charge in [-0.2, -0.15) is 0 Å². The highest BCUT2D eigenvalue weighted by Gasteiger charge is 2.19. The Hall–Kier alpha value is -2.63. The Morgan fingerprint density at radius 2 is 0.474 bits per heavy atom. The molecule has 0 aliphatic carbocycles. The van der Waals surface area contributed by atoms with E-state index in [-0.39, 0.29) is 31.1 Å². The molecule has 0 aromatic heterocycles. The number of hydrogen-bond acceptors (Lipinski definition) is 6. The first-order chi connectivity index (χ1) is 37.5. The van der Waals surface area contributed by atoms with Gasteiger partial charge in [0.05, 0.1) is 0 Å². The fourth-order valence-electron chi connectivity index (χ4n) is 9.94. The Balaban J connectivity index is 4.05. The minimum absolute atomic E-state index is 0.0751. The van der Waals surface area contributed by atoms with Crippen LogP contribution in [0.5, 0.6) is 0 Å². The summed E-state index contributed by atoms with van der Waals surface area (Å²) in [6.45, 7) is 6.62. The first-order valence-corrected chi connectivity index (χ1v) is 33.6. The smallest absolute Gasteiger partial charge is 0.306 e. The second-order valence-electron chi connectivity index (χ2n) is 22.7. The SMILES string of the molecule is CCCCC/C=C\CCCCCCCC(=O)OCC(COC(=O)CCCCCCCCCCCCCCCCCCCCCCC/C=C\C/C=C\CCCCCCC)OC(=O)CCCCCCC/C=C\CCCCCC. The van der Waals surface area contributed by atoms with Crippen LogP contribution in [0.4, 0.5) is 0 Å². The molecule has 0 aromatic rings. The Morgan fingerprint density at radius 3 is 0.776 bits per heavy atom. The molecule has 0 aromatic carbocycles. The van der Waals surface area contributed by atoms with Crippen molar-refractivity contribution in [2.75, 3.05) is 13.2 Å². The van der Waals surface area contributed by atoms with Gasteiger partial charge in [0.1, 0.15) is 13.2 Å². The second kappa shape index (κ2) is 64.9. The molecule has 0 saturated heterocycles. The summed E-state index contributed by atoms with van der Waals surface area (Å²) in [7, 11) is 0. The van der Waals surface area contributed by atoms with Crippen LogP contribution in [0, 0.1) is 0 Å². The molecule has 0 fully saturated rings. The van der Waals surface area contributed by atoms with Gasteiger partial charge in [0, 0.05) is 19.3 Å². The van der Waals surface area contributed by atoms with E-state index in [1.165, 1.54) is 244 Å². The first-order valence-electron chi connectivity index (χ1n) is 33.6. The van der Waals surface area contributed by atoms with Crippen molar-refractivity contribution in [1.82, 2.24) is 0 Å². The summed E-state index contributed by atoms with van der Waals surface area (Å²) < 4.78 is 16.9. The van der Waals surface area contributed by atoms with Gasteiger partial charge in [0.25, 0.3) is 0 Å². The minimum atomic E-state index is -0.778. The first kappa shape index (κ1) is 73.4. The van der Waals surface area contributed by atoms with E-state index in [1.54, 1.807) is 0 Å². The maximum Gasteiger partial charge on any atom is 0.306 e. The van der Waals surface area contributed by atoms with Crippen molar-refractivity contribution in [1.29, 1.82) is 0 Å². The van der Waals surface area contributed by atoms with Crippen molar-refractivity contribution in [3.63, 3.8) is 0 Å². The third-order valence-electron chi connectivity index (χ3n) is 15.0. The predicted molar refractivity (Wildman–Crippen MR) is 330 cm³/mol. The molecule has 444 valence electrons. The monoisotopic (exact) mass is 1060 g/mol. The molecule has 0 heterocycles. The maximum absolute atomic E-state index is 12.8. The lowest BCUT2D eigenvalue weighted by molar-refractivity contribution is -0.167. The molecule has 6 nitrogen and oxygen atoms in total. The Morgan fingerprint density at radius 1 is 0.263 bits per heavy atom. The van der Waals surface area contributed by atoms with Gasteiger partial charge in [0.2, 0.25) is 0 Å². The zero-order chi connectivity index (χ0) is 55.0. The molecule has 0 bridgehead atoms. The number of allylic oxidation sites excluding steroid dienone is 8. The highest BCUT2D eigenvalue weighted by molar-refractivity contribution is 5.71. The van der Waals surface area contributed by atoms with E-state index in [0.29, 0.717) is 19.3 Å². The summed E-state index contributed by atoms with van der Waals surface area (Å²) in [4.78, 5) is 38.2. The number of hydrogen-bond donors (Lipinski definition) is 0. The molecule has 6 heteroatoms. The number of carbonyl (C=O) groups excluding carboxylic acids is 3. The van der Waals surface area contributed by atoms with Crippen LogP contribution in [-0.4, -0.2) is 37.2 Å². The Kier molecular flexibility index (Phi) is 62.6. The quantitative estimate of drug-likeness (QED) is 0.0261. The van der Waals surface area contributed by atoms with E-state index in [4.69, 9.17) is 14.2 Å². The molecular weight excluding hydrogens is 937 g/mol. The van der Waals surface area contributed by atoms with Crippen molar-refractivity contribution in [2.24, 2.45) is 0 Å². The van der Waals surface area contributed by atoms with Crippen molar-refractivity contribution < 1.29 is 28.6 Å². The van der Waals surface area contributed by atoms with Gasteiger partial charge in [0.15, 0.2) is 6.10 Å². The van der Waals surface area contributed by atoms with E-state index in [0.717, 1.165) is 77.0 Å². The van der Waals surface area contributed by atoms with Gasteiger partial charge >= 0.3 is 17.9 Å². The molecular formula is C70H128O6. The molecule has 1 atom stereocenters. The van der Waals surface area contributed by atoms with Crippen LogP contribution >= 0.6 is 0 Å². The van der Waals surface area contributed by atoms with E-state index < -0.39 is 6.10 Å². The number of esters is 3. The fourth-order valence-corrected chi connectivity index (χ4v) is 9.94. The van der Waals surface area contributed by atoms with Crippen LogP contribution in [0.15, 0.2) is 48.6 Å². The molecule has 0 saturated carbocycles. The maximum atomic E-state index is 12.8. The lowest BCUT2D eigenvalue weighted by Crippen LogP contribution is -2.30. The summed E-state index contributed by atoms with van der Waals surface area (Å²) in [5, 5.41) is 0. The van der Waals surface area contributed by atoms with Crippen molar-refractivity contribution in [3.8, 4) is 0 Å². The average Bonchev–Trinajstić information content (AvgIpc) is 3.42. The van der Waals surface area contributed by atoms with E-state index in [1.807, 2.05) is 0 Å². The molecule has 0 amide bonds. The van der Waals surface area contributed by atoms with Crippen LogP contribution in [0.3, 0.4) is 0 Å². The van der Waals surface area contributed by atoms with Gasteiger partial charge in [-0.15, -0.1) is 0 Å². The lowest BCUT2D eigenvalue weighted by atomic mass is 10.0. The summed E-state index contributed by atoms with van der Waals surface area (Å²) in [6, 6.07) is 0. The van der Waals surface area contributed by atoms with Crippen molar-refractivity contribution in [3.05, 3.63) is 48.6 Å². The Labute approximate surface area is 473 Å².